The second-order valence-electron chi connectivity index (χ2n) is 10.6. The van der Waals surface area contributed by atoms with Crippen molar-refractivity contribution in [2.24, 2.45) is 5.92 Å². The highest BCUT2D eigenvalue weighted by molar-refractivity contribution is 5.62. The van der Waals surface area contributed by atoms with Crippen LogP contribution in [0.4, 0.5) is 0 Å². The first kappa shape index (κ1) is 32.6. The minimum Gasteiger partial charge on any atom is -0.502 e. The van der Waals surface area contributed by atoms with E-state index in [-0.39, 0.29) is 5.92 Å². The van der Waals surface area contributed by atoms with Crippen LogP contribution in [0.25, 0.3) is 6.08 Å². The van der Waals surface area contributed by atoms with Crippen molar-refractivity contribution in [1.82, 2.24) is 0 Å². The zero-order valence-corrected chi connectivity index (χ0v) is 24.9. The molecule has 1 aliphatic carbocycles. The van der Waals surface area contributed by atoms with Crippen LogP contribution in [-0.4, -0.2) is 32.4 Å². The van der Waals surface area contributed by atoms with E-state index in [4.69, 9.17) is 18.9 Å². The Balaban J connectivity index is 1.91. The summed E-state index contributed by atoms with van der Waals surface area (Å²) in [6.07, 6.45) is 23.1. The summed E-state index contributed by atoms with van der Waals surface area (Å²) < 4.78 is 25.2. The predicted octanol–water partition coefficient (Wildman–Crippen LogP) is 9.80. The molecule has 0 amide bonds. The molecule has 0 aromatic heterocycles. The highest BCUT2D eigenvalue weighted by Crippen LogP contribution is 2.35. The molecular weight excluding hydrogens is 472 g/mol. The summed E-state index contributed by atoms with van der Waals surface area (Å²) in [6, 6.07) is 8.64. The van der Waals surface area contributed by atoms with Crippen LogP contribution in [0.1, 0.15) is 128 Å². The summed E-state index contributed by atoms with van der Waals surface area (Å²) >= 11 is 0. The number of fused-ring (bicyclic) bond motifs is 1. The fourth-order valence-electron chi connectivity index (χ4n) is 5.16. The standard InChI is InChI=1S/C34H56O4/c1-5-9-10-11-12-13-20-32(34(36-25-6-2,37-26-7-3)38-27-8-4)21-17-29-35-28-16-19-31-24-23-30-18-14-15-22-33(30)31/h14-16,18,22-24,28,31-32H,5-13,17,19-21,25-27,29H2,1-4H3. The third-order valence-electron chi connectivity index (χ3n) is 7.23. The number of unbranched alkanes of at least 4 members (excludes halogenated alkanes) is 5. The van der Waals surface area contributed by atoms with Crippen molar-refractivity contribution < 1.29 is 18.9 Å². The molecule has 4 heteroatoms. The average molecular weight is 529 g/mol. The van der Waals surface area contributed by atoms with Gasteiger partial charge in [0, 0.05) is 11.8 Å². The molecule has 0 heterocycles. The quantitative estimate of drug-likeness (QED) is 0.0760. The van der Waals surface area contributed by atoms with Gasteiger partial charge in [-0.25, -0.2) is 0 Å². The van der Waals surface area contributed by atoms with Crippen LogP contribution >= 0.6 is 0 Å². The summed E-state index contributed by atoms with van der Waals surface area (Å²) in [7, 11) is 0. The van der Waals surface area contributed by atoms with Crippen molar-refractivity contribution in [2.45, 2.75) is 123 Å². The number of hydrogen-bond donors (Lipinski definition) is 0. The molecule has 1 aromatic rings. The maximum Gasteiger partial charge on any atom is 0.285 e. The molecule has 2 atom stereocenters. The lowest BCUT2D eigenvalue weighted by molar-refractivity contribution is -0.406. The number of allylic oxidation sites excluding steroid dienone is 2. The van der Waals surface area contributed by atoms with Crippen LogP contribution in [0, 0.1) is 5.92 Å². The summed E-state index contributed by atoms with van der Waals surface area (Å²) in [5.41, 5.74) is 2.75. The highest BCUT2D eigenvalue weighted by atomic mass is 16.9. The van der Waals surface area contributed by atoms with E-state index in [1.54, 1.807) is 0 Å². The fourth-order valence-corrected chi connectivity index (χ4v) is 5.16. The topological polar surface area (TPSA) is 36.9 Å². The smallest absolute Gasteiger partial charge is 0.285 e. The van der Waals surface area contributed by atoms with Gasteiger partial charge in [0.25, 0.3) is 5.97 Å². The molecule has 1 aromatic carbocycles. The van der Waals surface area contributed by atoms with E-state index in [1.165, 1.54) is 49.7 Å². The molecule has 0 aliphatic heterocycles. The molecule has 0 saturated carbocycles. The van der Waals surface area contributed by atoms with Crippen LogP contribution in [0.2, 0.25) is 0 Å². The SMILES string of the molecule is CCCCCCCCC(CCCOC=CCC1C=Cc2ccccc21)C(OCCC)(OCCC)OCCC. The van der Waals surface area contributed by atoms with E-state index in [0.717, 1.165) is 44.9 Å². The monoisotopic (exact) mass is 528 g/mol. The minimum absolute atomic E-state index is 0.200. The molecule has 0 fully saturated rings. The first-order valence-corrected chi connectivity index (χ1v) is 15.7. The molecule has 4 nitrogen and oxygen atoms in total. The Morgan fingerprint density at radius 1 is 0.737 bits per heavy atom. The lowest BCUT2D eigenvalue weighted by Crippen LogP contribution is -2.47. The molecule has 38 heavy (non-hydrogen) atoms. The molecule has 2 unspecified atom stereocenters. The van der Waals surface area contributed by atoms with Crippen LogP contribution < -0.4 is 0 Å². The summed E-state index contributed by atoms with van der Waals surface area (Å²) in [5.74, 6) is -0.287. The van der Waals surface area contributed by atoms with Gasteiger partial charge in [-0.15, -0.1) is 0 Å². The Labute approximate surface area is 234 Å². The van der Waals surface area contributed by atoms with Gasteiger partial charge in [-0.3, -0.25) is 0 Å². The third-order valence-corrected chi connectivity index (χ3v) is 7.23. The Hall–Kier alpha value is -1.62. The molecule has 1 aliphatic rings. The Bertz CT molecular complexity index is 750. The largest absolute Gasteiger partial charge is 0.502 e. The van der Waals surface area contributed by atoms with Crippen LogP contribution in [0.15, 0.2) is 42.7 Å². The number of benzene rings is 1. The molecule has 0 saturated heterocycles. The molecular formula is C34H56O4. The third kappa shape index (κ3) is 11.6. The van der Waals surface area contributed by atoms with E-state index in [0.29, 0.717) is 32.3 Å². The van der Waals surface area contributed by atoms with Crippen molar-refractivity contribution in [1.29, 1.82) is 0 Å². The lowest BCUT2D eigenvalue weighted by atomic mass is 9.93. The van der Waals surface area contributed by atoms with Gasteiger partial charge >= 0.3 is 0 Å². The number of hydrogen-bond acceptors (Lipinski definition) is 4. The summed E-state index contributed by atoms with van der Waals surface area (Å²) in [5, 5.41) is 0. The summed E-state index contributed by atoms with van der Waals surface area (Å²) in [6.45, 7) is 11.4. The van der Waals surface area contributed by atoms with Gasteiger partial charge in [0.2, 0.25) is 0 Å². The maximum absolute atomic E-state index is 6.42. The minimum atomic E-state index is -0.941. The second kappa shape index (κ2) is 20.3. The van der Waals surface area contributed by atoms with Crippen molar-refractivity contribution in [2.75, 3.05) is 26.4 Å². The van der Waals surface area contributed by atoms with E-state index in [9.17, 15) is 0 Å². The second-order valence-corrected chi connectivity index (χ2v) is 10.6. The zero-order chi connectivity index (χ0) is 27.3. The van der Waals surface area contributed by atoms with Crippen molar-refractivity contribution in [3.63, 3.8) is 0 Å². The van der Waals surface area contributed by atoms with E-state index in [1.807, 2.05) is 6.26 Å². The van der Waals surface area contributed by atoms with Crippen molar-refractivity contribution in [3.05, 3.63) is 53.8 Å². The van der Waals surface area contributed by atoms with Gasteiger partial charge in [-0.05, 0) is 62.1 Å². The molecule has 2 rings (SSSR count). The van der Waals surface area contributed by atoms with E-state index < -0.39 is 5.97 Å². The zero-order valence-electron chi connectivity index (χ0n) is 24.9. The van der Waals surface area contributed by atoms with Gasteiger partial charge in [0.1, 0.15) is 0 Å². The fraction of sp³-hybridized carbons (Fsp3) is 0.706. The van der Waals surface area contributed by atoms with Gasteiger partial charge in [-0.2, -0.15) is 0 Å². The van der Waals surface area contributed by atoms with Crippen LogP contribution in [-0.2, 0) is 18.9 Å². The predicted molar refractivity (Wildman–Crippen MR) is 160 cm³/mol. The van der Waals surface area contributed by atoms with Gasteiger partial charge in [-0.1, -0.05) is 103 Å². The first-order chi connectivity index (χ1) is 18.7. The highest BCUT2D eigenvalue weighted by Gasteiger charge is 2.42. The molecule has 0 N–H and O–H groups in total. The van der Waals surface area contributed by atoms with E-state index >= 15 is 0 Å². The number of ether oxygens (including phenoxy) is 4. The lowest BCUT2D eigenvalue weighted by Gasteiger charge is -2.40. The molecule has 0 radical (unpaired) electrons. The van der Waals surface area contributed by atoms with Gasteiger partial charge < -0.3 is 18.9 Å². The van der Waals surface area contributed by atoms with Crippen LogP contribution in [0.5, 0.6) is 0 Å². The molecule has 0 bridgehead atoms. The average Bonchev–Trinajstić information content (AvgIpc) is 3.36. The van der Waals surface area contributed by atoms with Crippen molar-refractivity contribution in [3.8, 4) is 0 Å². The van der Waals surface area contributed by atoms with Gasteiger partial charge in [0.15, 0.2) is 0 Å². The molecule has 0 spiro atoms. The van der Waals surface area contributed by atoms with Crippen LogP contribution in [0.3, 0.4) is 0 Å². The Kier molecular flexibility index (Phi) is 17.4. The summed E-state index contributed by atoms with van der Waals surface area (Å²) in [4.78, 5) is 0. The number of rotatable bonds is 24. The molecule has 216 valence electrons. The Morgan fingerprint density at radius 3 is 2.05 bits per heavy atom. The van der Waals surface area contributed by atoms with Crippen molar-refractivity contribution >= 4 is 6.08 Å². The van der Waals surface area contributed by atoms with Gasteiger partial charge in [0.05, 0.1) is 32.7 Å². The normalized spacial score (nSPS) is 15.8. The maximum atomic E-state index is 6.42. The van der Waals surface area contributed by atoms with E-state index in [2.05, 4.69) is 70.2 Å². The first-order valence-electron chi connectivity index (χ1n) is 15.7. The Morgan fingerprint density at radius 2 is 1.37 bits per heavy atom.